The lowest BCUT2D eigenvalue weighted by Gasteiger charge is -2.25. The molecule has 94 valence electrons. The maximum atomic E-state index is 6.12. The molecule has 2 heterocycles. The van der Waals surface area contributed by atoms with Crippen LogP contribution < -0.4 is 10.6 Å². The molecule has 17 heavy (non-hydrogen) atoms. The Kier molecular flexibility index (Phi) is 3.66. The molecule has 0 bridgehead atoms. The van der Waals surface area contributed by atoms with E-state index in [2.05, 4.69) is 22.5 Å². The van der Waals surface area contributed by atoms with Gasteiger partial charge in [0.1, 0.15) is 11.6 Å². The molecule has 0 aliphatic carbocycles. The third kappa shape index (κ3) is 2.76. The Morgan fingerprint density at radius 1 is 1.35 bits per heavy atom. The van der Waals surface area contributed by atoms with E-state index in [1.807, 2.05) is 0 Å². The van der Waals surface area contributed by atoms with E-state index in [1.54, 1.807) is 13.1 Å². The van der Waals surface area contributed by atoms with Gasteiger partial charge in [-0.2, -0.15) is 0 Å². The number of rotatable bonds is 3. The second-order valence-corrected chi connectivity index (χ2v) is 5.20. The summed E-state index contributed by atoms with van der Waals surface area (Å²) in [5.41, 5.74) is -0.116. The van der Waals surface area contributed by atoms with Crippen LogP contribution >= 0.6 is 23.2 Å². The lowest BCUT2D eigenvalue weighted by molar-refractivity contribution is 0.185. The van der Waals surface area contributed by atoms with E-state index in [4.69, 9.17) is 27.9 Å². The molecule has 6 heteroatoms. The molecule has 1 unspecified atom stereocenters. The van der Waals surface area contributed by atoms with Crippen LogP contribution in [0, 0.1) is 0 Å². The van der Waals surface area contributed by atoms with Gasteiger partial charge in [0.15, 0.2) is 0 Å². The van der Waals surface area contributed by atoms with Crippen molar-refractivity contribution in [3.05, 3.63) is 16.1 Å². The predicted octanol–water partition coefficient (Wildman–Crippen LogP) is 3.02. The monoisotopic (exact) mass is 275 g/mol. The van der Waals surface area contributed by atoms with Gasteiger partial charge in [0, 0.05) is 13.7 Å². The summed E-state index contributed by atoms with van der Waals surface area (Å²) in [4.78, 5) is 4.36. The highest BCUT2D eigenvalue weighted by molar-refractivity contribution is 6.37. The van der Waals surface area contributed by atoms with Gasteiger partial charge in [-0.15, -0.1) is 0 Å². The maximum absolute atomic E-state index is 6.12. The third-order valence-electron chi connectivity index (χ3n) is 2.81. The van der Waals surface area contributed by atoms with Gasteiger partial charge < -0.3 is 15.4 Å². The zero-order chi connectivity index (χ0) is 12.5. The molecule has 1 fully saturated rings. The van der Waals surface area contributed by atoms with E-state index in [9.17, 15) is 0 Å². The van der Waals surface area contributed by atoms with Crippen molar-refractivity contribution >= 4 is 34.8 Å². The normalized spacial score (nSPS) is 23.8. The van der Waals surface area contributed by atoms with Crippen LogP contribution in [0.5, 0.6) is 0 Å². The topological polar surface area (TPSA) is 46.2 Å². The smallest absolute Gasteiger partial charge is 0.147 e. The van der Waals surface area contributed by atoms with Crippen LogP contribution in [-0.2, 0) is 4.74 Å². The van der Waals surface area contributed by atoms with Crippen molar-refractivity contribution < 1.29 is 4.74 Å². The molecule has 0 aromatic carbocycles. The van der Waals surface area contributed by atoms with E-state index in [0.29, 0.717) is 28.3 Å². The molecule has 1 aliphatic heterocycles. The number of anilines is 2. The largest absolute Gasteiger partial charge is 0.379 e. The average Bonchev–Trinajstić information content (AvgIpc) is 2.69. The SMILES string of the molecule is CNc1nc(NC2(C)CCOC2)c(Cl)cc1Cl. The molecule has 1 aromatic heterocycles. The number of aromatic nitrogens is 1. The van der Waals surface area contributed by atoms with Gasteiger partial charge in [-0.1, -0.05) is 23.2 Å². The molecule has 1 aliphatic rings. The van der Waals surface area contributed by atoms with Crippen molar-refractivity contribution in [3.8, 4) is 0 Å². The Balaban J connectivity index is 2.26. The van der Waals surface area contributed by atoms with Crippen molar-refractivity contribution in [1.29, 1.82) is 0 Å². The highest BCUT2D eigenvalue weighted by atomic mass is 35.5. The fourth-order valence-electron chi connectivity index (χ4n) is 1.78. The lowest BCUT2D eigenvalue weighted by atomic mass is 10.0. The number of hydrogen-bond acceptors (Lipinski definition) is 4. The first-order valence-electron chi connectivity index (χ1n) is 5.44. The quantitative estimate of drug-likeness (QED) is 0.890. The first-order chi connectivity index (χ1) is 8.04. The summed E-state index contributed by atoms with van der Waals surface area (Å²) in [6.45, 7) is 3.50. The Hall–Kier alpha value is -0.710. The van der Waals surface area contributed by atoms with Crippen LogP contribution in [-0.4, -0.2) is 30.8 Å². The summed E-state index contributed by atoms with van der Waals surface area (Å²) in [5.74, 6) is 1.24. The number of halogens is 2. The molecular formula is C11H15Cl2N3O. The molecule has 1 aromatic rings. The zero-order valence-electron chi connectivity index (χ0n) is 9.81. The van der Waals surface area contributed by atoms with Crippen LogP contribution in [0.15, 0.2) is 6.07 Å². The van der Waals surface area contributed by atoms with Gasteiger partial charge in [-0.25, -0.2) is 4.98 Å². The maximum Gasteiger partial charge on any atom is 0.147 e. The van der Waals surface area contributed by atoms with Gasteiger partial charge in [-0.05, 0) is 19.4 Å². The molecule has 2 N–H and O–H groups in total. The minimum Gasteiger partial charge on any atom is -0.379 e. The molecule has 1 saturated heterocycles. The molecular weight excluding hydrogens is 261 g/mol. The van der Waals surface area contributed by atoms with Crippen molar-refractivity contribution in [3.63, 3.8) is 0 Å². The standard InChI is InChI=1S/C11H15Cl2N3O/c1-11(3-4-17-6-11)16-10-8(13)5-7(12)9(14-2)15-10/h5H,3-4,6H2,1-2H3,(H2,14,15,16). The molecule has 1 atom stereocenters. The second kappa shape index (κ2) is 4.88. The first kappa shape index (κ1) is 12.7. The van der Waals surface area contributed by atoms with Gasteiger partial charge >= 0.3 is 0 Å². The number of ether oxygens (including phenoxy) is 1. The first-order valence-corrected chi connectivity index (χ1v) is 6.19. The van der Waals surface area contributed by atoms with Crippen LogP contribution in [0.3, 0.4) is 0 Å². The minimum absolute atomic E-state index is 0.116. The fourth-order valence-corrected chi connectivity index (χ4v) is 2.28. The van der Waals surface area contributed by atoms with E-state index < -0.39 is 0 Å². The number of hydrogen-bond donors (Lipinski definition) is 2. The summed E-state index contributed by atoms with van der Waals surface area (Å²) in [7, 11) is 1.77. The fraction of sp³-hybridized carbons (Fsp3) is 0.545. The summed E-state index contributed by atoms with van der Waals surface area (Å²) < 4.78 is 5.38. The molecule has 0 saturated carbocycles. The lowest BCUT2D eigenvalue weighted by Crippen LogP contribution is -2.35. The number of pyridine rings is 1. The van der Waals surface area contributed by atoms with Crippen molar-refractivity contribution in [2.24, 2.45) is 0 Å². The summed E-state index contributed by atoms with van der Waals surface area (Å²) in [6, 6.07) is 1.68. The van der Waals surface area contributed by atoms with Gasteiger partial charge in [0.25, 0.3) is 0 Å². The van der Waals surface area contributed by atoms with E-state index in [0.717, 1.165) is 13.0 Å². The van der Waals surface area contributed by atoms with Gasteiger partial charge in [0.05, 0.1) is 22.2 Å². The number of nitrogens with zero attached hydrogens (tertiary/aromatic N) is 1. The molecule has 0 spiro atoms. The third-order valence-corrected chi connectivity index (χ3v) is 3.38. The van der Waals surface area contributed by atoms with E-state index in [-0.39, 0.29) is 5.54 Å². The van der Waals surface area contributed by atoms with Crippen LogP contribution in [0.25, 0.3) is 0 Å². The van der Waals surface area contributed by atoms with E-state index in [1.165, 1.54) is 0 Å². The van der Waals surface area contributed by atoms with Gasteiger partial charge in [0.2, 0.25) is 0 Å². The number of nitrogens with one attached hydrogen (secondary N) is 2. The summed E-state index contributed by atoms with van der Waals surface area (Å²) >= 11 is 12.1. The Morgan fingerprint density at radius 2 is 2.06 bits per heavy atom. The summed E-state index contributed by atoms with van der Waals surface area (Å²) in [6.07, 6.45) is 0.933. The van der Waals surface area contributed by atoms with Gasteiger partial charge in [-0.3, -0.25) is 0 Å². The van der Waals surface area contributed by atoms with Crippen LogP contribution in [0.1, 0.15) is 13.3 Å². The summed E-state index contributed by atoms with van der Waals surface area (Å²) in [5, 5.41) is 7.27. The average molecular weight is 276 g/mol. The molecule has 2 rings (SSSR count). The molecule has 0 radical (unpaired) electrons. The Bertz CT molecular complexity index is 419. The second-order valence-electron chi connectivity index (χ2n) is 4.39. The van der Waals surface area contributed by atoms with E-state index >= 15 is 0 Å². The minimum atomic E-state index is -0.116. The highest BCUT2D eigenvalue weighted by Crippen LogP contribution is 2.32. The van der Waals surface area contributed by atoms with Crippen molar-refractivity contribution in [2.75, 3.05) is 30.9 Å². The molecule has 0 amide bonds. The Labute approximate surface area is 111 Å². The molecule has 4 nitrogen and oxygen atoms in total. The zero-order valence-corrected chi connectivity index (χ0v) is 11.3. The Morgan fingerprint density at radius 3 is 2.65 bits per heavy atom. The van der Waals surface area contributed by atoms with Crippen LogP contribution in [0.4, 0.5) is 11.6 Å². The van der Waals surface area contributed by atoms with Crippen LogP contribution in [0.2, 0.25) is 10.0 Å². The van der Waals surface area contributed by atoms with Crippen molar-refractivity contribution in [1.82, 2.24) is 4.98 Å². The predicted molar refractivity (Wildman–Crippen MR) is 71.3 cm³/mol. The van der Waals surface area contributed by atoms with Crippen molar-refractivity contribution in [2.45, 2.75) is 18.9 Å². The highest BCUT2D eigenvalue weighted by Gasteiger charge is 2.30.